The van der Waals surface area contributed by atoms with E-state index in [0.717, 1.165) is 11.3 Å². The standard InChI is InChI=1S/C17H16N6O2/c1-2-25-17(24)15-14(8-18)16(19)23(21-15)11-12-9-20-22(10-12)13-6-4-3-5-7-13/h3-7,9-10H,2,11,19H2,1H3. The van der Waals surface area contributed by atoms with Crippen LogP contribution in [0.2, 0.25) is 0 Å². The van der Waals surface area contributed by atoms with Crippen molar-refractivity contribution in [3.05, 3.63) is 59.5 Å². The Balaban J connectivity index is 1.88. The molecule has 0 saturated heterocycles. The average Bonchev–Trinajstić information content (AvgIpc) is 3.21. The van der Waals surface area contributed by atoms with Gasteiger partial charge in [-0.05, 0) is 19.1 Å². The second-order valence-electron chi connectivity index (χ2n) is 5.23. The monoisotopic (exact) mass is 336 g/mol. The molecule has 0 radical (unpaired) electrons. The summed E-state index contributed by atoms with van der Waals surface area (Å²) in [5.41, 5.74) is 7.66. The molecule has 0 bridgehead atoms. The van der Waals surface area contributed by atoms with E-state index < -0.39 is 5.97 Å². The van der Waals surface area contributed by atoms with E-state index in [0.29, 0.717) is 0 Å². The molecule has 0 aliphatic rings. The van der Waals surface area contributed by atoms with Crippen LogP contribution in [0.25, 0.3) is 5.69 Å². The Morgan fingerprint density at radius 2 is 2.12 bits per heavy atom. The third-order valence-electron chi connectivity index (χ3n) is 3.56. The lowest BCUT2D eigenvalue weighted by Gasteiger charge is -2.02. The molecule has 2 N–H and O–H groups in total. The van der Waals surface area contributed by atoms with Gasteiger partial charge >= 0.3 is 5.97 Å². The number of anilines is 1. The number of nitrogens with zero attached hydrogens (tertiary/aromatic N) is 5. The summed E-state index contributed by atoms with van der Waals surface area (Å²) in [6, 6.07) is 11.6. The molecule has 0 unspecified atom stereocenters. The molecule has 3 rings (SSSR count). The third-order valence-corrected chi connectivity index (χ3v) is 3.56. The molecule has 0 amide bonds. The normalized spacial score (nSPS) is 10.4. The number of benzene rings is 1. The molecule has 0 spiro atoms. The number of nitriles is 1. The zero-order valence-corrected chi connectivity index (χ0v) is 13.6. The maximum absolute atomic E-state index is 11.9. The molecule has 0 aliphatic carbocycles. The number of nitrogens with two attached hydrogens (primary N) is 1. The number of para-hydroxylation sites is 1. The summed E-state index contributed by atoms with van der Waals surface area (Å²) < 4.78 is 8.04. The smallest absolute Gasteiger partial charge is 0.360 e. The van der Waals surface area contributed by atoms with E-state index in [-0.39, 0.29) is 30.2 Å². The van der Waals surface area contributed by atoms with Gasteiger partial charge < -0.3 is 10.5 Å². The van der Waals surface area contributed by atoms with Crippen LogP contribution < -0.4 is 5.73 Å². The minimum absolute atomic E-state index is 0.0221. The van der Waals surface area contributed by atoms with Crippen molar-refractivity contribution >= 4 is 11.8 Å². The molecular weight excluding hydrogens is 320 g/mol. The van der Waals surface area contributed by atoms with Gasteiger partial charge in [-0.25, -0.2) is 14.2 Å². The number of nitrogen functional groups attached to an aromatic ring is 1. The first-order valence-electron chi connectivity index (χ1n) is 7.66. The minimum atomic E-state index is -0.663. The lowest BCUT2D eigenvalue weighted by atomic mass is 10.2. The van der Waals surface area contributed by atoms with Crippen molar-refractivity contribution in [2.24, 2.45) is 0 Å². The number of esters is 1. The first-order chi connectivity index (χ1) is 12.1. The molecule has 0 fully saturated rings. The lowest BCUT2D eigenvalue weighted by Crippen LogP contribution is -2.09. The molecule has 25 heavy (non-hydrogen) atoms. The van der Waals surface area contributed by atoms with Crippen molar-refractivity contribution in [2.45, 2.75) is 13.5 Å². The van der Waals surface area contributed by atoms with Gasteiger partial charge in [-0.3, -0.25) is 0 Å². The fourth-order valence-electron chi connectivity index (χ4n) is 2.38. The fourth-order valence-corrected chi connectivity index (χ4v) is 2.38. The van der Waals surface area contributed by atoms with Crippen molar-refractivity contribution in [3.63, 3.8) is 0 Å². The predicted octanol–water partition coefficient (Wildman–Crippen LogP) is 1.75. The summed E-state index contributed by atoms with van der Waals surface area (Å²) in [6.07, 6.45) is 3.52. The Labute approximate surface area is 144 Å². The largest absolute Gasteiger partial charge is 0.461 e. The second-order valence-corrected chi connectivity index (χ2v) is 5.23. The lowest BCUT2D eigenvalue weighted by molar-refractivity contribution is 0.0518. The van der Waals surface area contributed by atoms with Crippen LogP contribution >= 0.6 is 0 Å². The summed E-state index contributed by atoms with van der Waals surface area (Å²) in [7, 11) is 0. The fraction of sp³-hybridized carbons (Fsp3) is 0.176. The molecule has 0 aliphatic heterocycles. The quantitative estimate of drug-likeness (QED) is 0.710. The Morgan fingerprint density at radius 1 is 1.36 bits per heavy atom. The summed E-state index contributed by atoms with van der Waals surface area (Å²) in [4.78, 5) is 11.9. The number of carbonyl (C=O) groups excluding carboxylic acids is 1. The van der Waals surface area contributed by atoms with E-state index in [1.165, 1.54) is 4.68 Å². The topological polar surface area (TPSA) is 112 Å². The summed E-state index contributed by atoms with van der Waals surface area (Å²) in [6.45, 7) is 2.16. The van der Waals surface area contributed by atoms with Gasteiger partial charge in [0.15, 0.2) is 5.69 Å². The van der Waals surface area contributed by atoms with Crippen molar-refractivity contribution in [3.8, 4) is 11.8 Å². The highest BCUT2D eigenvalue weighted by Gasteiger charge is 2.22. The van der Waals surface area contributed by atoms with Crippen LogP contribution in [0.4, 0.5) is 5.82 Å². The van der Waals surface area contributed by atoms with Gasteiger partial charge in [0.25, 0.3) is 0 Å². The second kappa shape index (κ2) is 6.88. The zero-order valence-electron chi connectivity index (χ0n) is 13.6. The minimum Gasteiger partial charge on any atom is -0.461 e. The molecule has 2 aromatic heterocycles. The van der Waals surface area contributed by atoms with Crippen molar-refractivity contribution < 1.29 is 9.53 Å². The van der Waals surface area contributed by atoms with Crippen LogP contribution in [0.15, 0.2) is 42.7 Å². The number of hydrogen-bond acceptors (Lipinski definition) is 6. The molecule has 8 heteroatoms. The van der Waals surface area contributed by atoms with Gasteiger partial charge in [0.2, 0.25) is 0 Å². The Kier molecular flexibility index (Phi) is 4.48. The maximum Gasteiger partial charge on any atom is 0.360 e. The zero-order chi connectivity index (χ0) is 17.8. The van der Waals surface area contributed by atoms with E-state index in [2.05, 4.69) is 10.2 Å². The highest BCUT2D eigenvalue weighted by atomic mass is 16.5. The van der Waals surface area contributed by atoms with Gasteiger partial charge in [0.05, 0.1) is 25.0 Å². The summed E-state index contributed by atoms with van der Waals surface area (Å²) in [5, 5.41) is 17.7. The van der Waals surface area contributed by atoms with E-state index in [9.17, 15) is 10.1 Å². The van der Waals surface area contributed by atoms with Crippen LogP contribution in [-0.2, 0) is 11.3 Å². The van der Waals surface area contributed by atoms with Crippen molar-refractivity contribution in [1.29, 1.82) is 5.26 Å². The van der Waals surface area contributed by atoms with E-state index >= 15 is 0 Å². The summed E-state index contributed by atoms with van der Waals surface area (Å²) in [5.74, 6) is -0.539. The third kappa shape index (κ3) is 3.21. The van der Waals surface area contributed by atoms with Crippen LogP contribution in [0.1, 0.15) is 28.5 Å². The molecule has 126 valence electrons. The summed E-state index contributed by atoms with van der Waals surface area (Å²) >= 11 is 0. The van der Waals surface area contributed by atoms with E-state index in [1.807, 2.05) is 42.6 Å². The molecule has 0 saturated carbocycles. The number of carbonyl (C=O) groups is 1. The Bertz CT molecular complexity index is 936. The van der Waals surface area contributed by atoms with Gasteiger partial charge in [-0.1, -0.05) is 18.2 Å². The van der Waals surface area contributed by atoms with Gasteiger partial charge in [0, 0.05) is 11.8 Å². The molecule has 8 nitrogen and oxygen atoms in total. The molecule has 1 aromatic carbocycles. The van der Waals surface area contributed by atoms with Crippen LogP contribution in [0, 0.1) is 11.3 Å². The van der Waals surface area contributed by atoms with Gasteiger partial charge in [-0.2, -0.15) is 15.5 Å². The van der Waals surface area contributed by atoms with E-state index in [1.54, 1.807) is 17.8 Å². The van der Waals surface area contributed by atoms with Crippen LogP contribution in [0.3, 0.4) is 0 Å². The van der Waals surface area contributed by atoms with Crippen molar-refractivity contribution in [1.82, 2.24) is 19.6 Å². The number of aromatic nitrogens is 4. The van der Waals surface area contributed by atoms with Crippen LogP contribution in [0.5, 0.6) is 0 Å². The van der Waals surface area contributed by atoms with Crippen molar-refractivity contribution in [2.75, 3.05) is 12.3 Å². The first kappa shape index (κ1) is 16.3. The predicted molar refractivity (Wildman–Crippen MR) is 90.0 cm³/mol. The Morgan fingerprint density at radius 3 is 2.80 bits per heavy atom. The van der Waals surface area contributed by atoms with Gasteiger partial charge in [0.1, 0.15) is 17.5 Å². The molecule has 2 heterocycles. The SMILES string of the molecule is CCOC(=O)c1nn(Cc2cnn(-c3ccccc3)c2)c(N)c1C#N. The first-order valence-corrected chi connectivity index (χ1v) is 7.66. The van der Waals surface area contributed by atoms with Crippen LogP contribution in [-0.4, -0.2) is 32.1 Å². The molecular formula is C17H16N6O2. The highest BCUT2D eigenvalue weighted by Crippen LogP contribution is 2.18. The maximum atomic E-state index is 11.9. The number of ether oxygens (including phenoxy) is 1. The van der Waals surface area contributed by atoms with Gasteiger partial charge in [-0.15, -0.1) is 0 Å². The molecule has 0 atom stereocenters. The number of hydrogen-bond donors (Lipinski definition) is 1. The Hall–Kier alpha value is -3.60. The molecule has 3 aromatic rings. The van der Waals surface area contributed by atoms with E-state index in [4.69, 9.17) is 10.5 Å². The average molecular weight is 336 g/mol. The highest BCUT2D eigenvalue weighted by molar-refractivity contribution is 5.91. The number of rotatable bonds is 5.